The third kappa shape index (κ3) is 3.28. The maximum Gasteiger partial charge on any atom is 0.0795 e. The van der Waals surface area contributed by atoms with Crippen LogP contribution < -0.4 is 5.32 Å². The molecule has 0 aliphatic carbocycles. The van der Waals surface area contributed by atoms with Crippen molar-refractivity contribution in [1.82, 2.24) is 10.3 Å². The number of nitrogens with zero attached hydrogens (tertiary/aromatic N) is 1. The summed E-state index contributed by atoms with van der Waals surface area (Å²) in [5.74, 6) is 0. The van der Waals surface area contributed by atoms with Crippen molar-refractivity contribution in [3.8, 4) is 0 Å². The summed E-state index contributed by atoms with van der Waals surface area (Å²) < 4.78 is 1.07. The molecule has 0 bridgehead atoms. The quantitative estimate of drug-likeness (QED) is 0.926. The smallest absolute Gasteiger partial charge is 0.0795 e. The first kappa shape index (κ1) is 12.0. The molecular weight excluding hydrogens is 308 g/mol. The molecule has 2 aromatic rings. The van der Waals surface area contributed by atoms with Gasteiger partial charge in [0.1, 0.15) is 0 Å². The SMILES string of the molecule is Clc1ccc(Br)c(CNCc2cscn2)c1. The van der Waals surface area contributed by atoms with E-state index in [9.17, 15) is 0 Å². The summed E-state index contributed by atoms with van der Waals surface area (Å²) in [5, 5.41) is 6.13. The molecule has 1 heterocycles. The summed E-state index contributed by atoms with van der Waals surface area (Å²) in [6.07, 6.45) is 0. The van der Waals surface area contributed by atoms with E-state index in [0.717, 1.165) is 33.8 Å². The van der Waals surface area contributed by atoms with Gasteiger partial charge in [-0.1, -0.05) is 27.5 Å². The number of rotatable bonds is 4. The normalized spacial score (nSPS) is 10.6. The Morgan fingerprint density at radius 2 is 2.25 bits per heavy atom. The van der Waals surface area contributed by atoms with Gasteiger partial charge in [0.2, 0.25) is 0 Å². The van der Waals surface area contributed by atoms with Crippen LogP contribution in [0.4, 0.5) is 0 Å². The standard InChI is InChI=1S/C11H10BrClN2S/c12-11-2-1-9(13)3-8(11)4-14-5-10-6-16-7-15-10/h1-3,6-7,14H,4-5H2. The van der Waals surface area contributed by atoms with Crippen molar-refractivity contribution in [2.45, 2.75) is 13.1 Å². The molecule has 0 saturated carbocycles. The molecule has 0 amide bonds. The Balaban J connectivity index is 1.92. The van der Waals surface area contributed by atoms with Gasteiger partial charge in [0, 0.05) is 28.0 Å². The van der Waals surface area contributed by atoms with E-state index in [0.29, 0.717) is 0 Å². The van der Waals surface area contributed by atoms with Crippen LogP contribution in [0.1, 0.15) is 11.3 Å². The molecule has 5 heteroatoms. The Labute approximate surface area is 112 Å². The van der Waals surface area contributed by atoms with Crippen molar-refractivity contribution in [3.05, 3.63) is 49.8 Å². The minimum Gasteiger partial charge on any atom is -0.307 e. The number of hydrogen-bond acceptors (Lipinski definition) is 3. The van der Waals surface area contributed by atoms with Crippen LogP contribution in [0.3, 0.4) is 0 Å². The number of benzene rings is 1. The van der Waals surface area contributed by atoms with Crippen molar-refractivity contribution in [3.63, 3.8) is 0 Å². The van der Waals surface area contributed by atoms with Gasteiger partial charge in [0.05, 0.1) is 11.2 Å². The lowest BCUT2D eigenvalue weighted by atomic mass is 10.2. The zero-order chi connectivity index (χ0) is 11.4. The van der Waals surface area contributed by atoms with E-state index < -0.39 is 0 Å². The van der Waals surface area contributed by atoms with E-state index >= 15 is 0 Å². The lowest BCUT2D eigenvalue weighted by molar-refractivity contribution is 0.681. The Kier molecular flexibility index (Phi) is 4.35. The van der Waals surface area contributed by atoms with Gasteiger partial charge >= 0.3 is 0 Å². The first-order valence-electron chi connectivity index (χ1n) is 4.77. The zero-order valence-corrected chi connectivity index (χ0v) is 11.6. The highest BCUT2D eigenvalue weighted by Crippen LogP contribution is 2.20. The predicted octanol–water partition coefficient (Wildman–Crippen LogP) is 3.85. The van der Waals surface area contributed by atoms with E-state index in [1.807, 2.05) is 29.1 Å². The van der Waals surface area contributed by atoms with Gasteiger partial charge in [-0.2, -0.15) is 0 Å². The minimum absolute atomic E-state index is 0.758. The fourth-order valence-corrected chi connectivity index (χ4v) is 2.47. The molecule has 0 saturated heterocycles. The summed E-state index contributed by atoms with van der Waals surface area (Å²) in [4.78, 5) is 4.21. The van der Waals surface area contributed by atoms with Crippen LogP contribution in [-0.4, -0.2) is 4.98 Å². The Hall–Kier alpha value is -0.420. The summed E-state index contributed by atoms with van der Waals surface area (Å²) >= 11 is 11.0. The van der Waals surface area contributed by atoms with Crippen LogP contribution in [0, 0.1) is 0 Å². The summed E-state index contributed by atoms with van der Waals surface area (Å²) in [7, 11) is 0. The molecule has 1 aromatic heterocycles. The highest BCUT2D eigenvalue weighted by atomic mass is 79.9. The second-order valence-corrected chi connectivity index (χ2v) is 5.33. The fraction of sp³-hybridized carbons (Fsp3) is 0.182. The van der Waals surface area contributed by atoms with Gasteiger partial charge in [-0.05, 0) is 23.8 Å². The largest absolute Gasteiger partial charge is 0.307 e. The van der Waals surface area contributed by atoms with Crippen LogP contribution in [-0.2, 0) is 13.1 Å². The molecule has 84 valence electrons. The minimum atomic E-state index is 0.758. The Morgan fingerprint density at radius 3 is 3.00 bits per heavy atom. The van der Waals surface area contributed by atoms with Crippen molar-refractivity contribution in [1.29, 1.82) is 0 Å². The summed E-state index contributed by atoms with van der Waals surface area (Å²) in [6, 6.07) is 5.79. The molecule has 16 heavy (non-hydrogen) atoms. The van der Waals surface area contributed by atoms with Gasteiger partial charge in [-0.15, -0.1) is 11.3 Å². The molecule has 2 nitrogen and oxygen atoms in total. The van der Waals surface area contributed by atoms with Crippen LogP contribution in [0.2, 0.25) is 5.02 Å². The lowest BCUT2D eigenvalue weighted by Crippen LogP contribution is -2.13. The average Bonchev–Trinajstić information content (AvgIpc) is 2.76. The van der Waals surface area contributed by atoms with E-state index in [1.165, 1.54) is 0 Å². The van der Waals surface area contributed by atoms with Crippen molar-refractivity contribution < 1.29 is 0 Å². The fourth-order valence-electron chi connectivity index (χ4n) is 1.33. The van der Waals surface area contributed by atoms with Gasteiger partial charge in [0.15, 0.2) is 0 Å². The van der Waals surface area contributed by atoms with E-state index in [1.54, 1.807) is 11.3 Å². The first-order chi connectivity index (χ1) is 7.75. The molecule has 0 aliphatic heterocycles. The second-order valence-electron chi connectivity index (χ2n) is 3.32. The highest BCUT2D eigenvalue weighted by Gasteiger charge is 2.01. The first-order valence-corrected chi connectivity index (χ1v) is 6.89. The highest BCUT2D eigenvalue weighted by molar-refractivity contribution is 9.10. The number of aromatic nitrogens is 1. The summed E-state index contributed by atoms with van der Waals surface area (Å²) in [5.41, 5.74) is 4.07. The topological polar surface area (TPSA) is 24.9 Å². The number of nitrogens with one attached hydrogen (secondary N) is 1. The van der Waals surface area contributed by atoms with Gasteiger partial charge in [0.25, 0.3) is 0 Å². The third-order valence-electron chi connectivity index (χ3n) is 2.11. The van der Waals surface area contributed by atoms with Gasteiger partial charge in [-0.25, -0.2) is 4.98 Å². The molecule has 1 N–H and O–H groups in total. The van der Waals surface area contributed by atoms with Gasteiger partial charge < -0.3 is 5.32 Å². The number of hydrogen-bond donors (Lipinski definition) is 1. The van der Waals surface area contributed by atoms with Crippen LogP contribution in [0.15, 0.2) is 33.6 Å². The molecule has 0 spiro atoms. The van der Waals surface area contributed by atoms with Crippen molar-refractivity contribution in [2.24, 2.45) is 0 Å². The molecule has 0 radical (unpaired) electrons. The lowest BCUT2D eigenvalue weighted by Gasteiger charge is -2.06. The van der Waals surface area contributed by atoms with Crippen LogP contribution in [0.5, 0.6) is 0 Å². The van der Waals surface area contributed by atoms with Crippen molar-refractivity contribution in [2.75, 3.05) is 0 Å². The third-order valence-corrected chi connectivity index (χ3v) is 3.76. The molecule has 0 fully saturated rings. The molecule has 2 rings (SSSR count). The maximum absolute atomic E-state index is 5.94. The molecule has 0 unspecified atom stereocenters. The number of halogens is 2. The second kappa shape index (κ2) is 5.77. The van der Waals surface area contributed by atoms with E-state index in [2.05, 4.69) is 26.2 Å². The van der Waals surface area contributed by atoms with E-state index in [-0.39, 0.29) is 0 Å². The number of thiazole rings is 1. The average molecular weight is 318 g/mol. The van der Waals surface area contributed by atoms with Crippen molar-refractivity contribution >= 4 is 38.9 Å². The maximum atomic E-state index is 5.94. The van der Waals surface area contributed by atoms with E-state index in [4.69, 9.17) is 11.6 Å². The van der Waals surface area contributed by atoms with Crippen LogP contribution >= 0.6 is 38.9 Å². The zero-order valence-electron chi connectivity index (χ0n) is 8.41. The molecule has 0 atom stereocenters. The molecular formula is C11H10BrClN2S. The van der Waals surface area contributed by atoms with Crippen LogP contribution in [0.25, 0.3) is 0 Å². The molecule has 0 aliphatic rings. The summed E-state index contributed by atoms with van der Waals surface area (Å²) in [6.45, 7) is 1.56. The van der Waals surface area contributed by atoms with Gasteiger partial charge in [-0.3, -0.25) is 0 Å². The Morgan fingerprint density at radius 1 is 1.38 bits per heavy atom. The molecule has 1 aromatic carbocycles. The monoisotopic (exact) mass is 316 g/mol. The predicted molar refractivity (Wildman–Crippen MR) is 71.8 cm³/mol. The Bertz CT molecular complexity index is 459.